The summed E-state index contributed by atoms with van der Waals surface area (Å²) in [5.74, 6) is 1.49. The number of hydrogen-bond acceptors (Lipinski definition) is 7. The lowest BCUT2D eigenvalue weighted by Crippen LogP contribution is -2.40. The summed E-state index contributed by atoms with van der Waals surface area (Å²) < 4.78 is 10.5. The normalized spacial score (nSPS) is 22.6. The molecule has 134 valence electrons. The Kier molecular flexibility index (Phi) is 5.15. The molecule has 1 amide bonds. The van der Waals surface area contributed by atoms with E-state index in [4.69, 9.17) is 9.47 Å². The zero-order chi connectivity index (χ0) is 17.8. The number of carbonyl (C=O) groups excluding carboxylic acids is 1. The van der Waals surface area contributed by atoms with Gasteiger partial charge < -0.3 is 19.9 Å². The summed E-state index contributed by atoms with van der Waals surface area (Å²) >= 11 is 0. The van der Waals surface area contributed by atoms with E-state index in [2.05, 4.69) is 25.8 Å². The first-order valence-electron chi connectivity index (χ1n) is 7.96. The van der Waals surface area contributed by atoms with Crippen LogP contribution in [-0.2, 0) is 11.2 Å². The van der Waals surface area contributed by atoms with Gasteiger partial charge in [-0.25, -0.2) is 4.79 Å². The van der Waals surface area contributed by atoms with Crippen molar-refractivity contribution in [2.24, 2.45) is 0 Å². The van der Waals surface area contributed by atoms with Crippen molar-refractivity contribution < 1.29 is 19.4 Å². The minimum Gasteiger partial charge on any atom is -0.497 e. The van der Waals surface area contributed by atoms with Crippen LogP contribution in [0.5, 0.6) is 5.75 Å². The minimum absolute atomic E-state index is 0.134. The molecule has 3 rings (SSSR count). The van der Waals surface area contributed by atoms with Crippen LogP contribution in [0.2, 0.25) is 0 Å². The molecular weight excluding hydrogens is 326 g/mol. The number of aromatic amines is 1. The second-order valence-corrected chi connectivity index (χ2v) is 5.87. The number of methoxy groups -OCH3 is 1. The van der Waals surface area contributed by atoms with Crippen LogP contribution in [0.1, 0.15) is 11.4 Å². The highest BCUT2D eigenvalue weighted by atomic mass is 16.6. The number of aliphatic hydroxyl groups is 1. The number of anilines is 1. The first kappa shape index (κ1) is 17.2. The highest BCUT2D eigenvalue weighted by molar-refractivity contribution is 5.82. The predicted molar refractivity (Wildman–Crippen MR) is 89.5 cm³/mol. The molecule has 0 bridgehead atoms. The van der Waals surface area contributed by atoms with Crippen LogP contribution in [0, 0.1) is 6.92 Å². The maximum absolute atomic E-state index is 12.0. The molecule has 1 aromatic carbocycles. The van der Waals surface area contributed by atoms with E-state index in [1.807, 2.05) is 24.3 Å². The SMILES string of the molecule is COc1ccc(C[C@H]2NC[C@H](O)[C@H]2OC(=O)Nc2n[nH]c(C)n2)cc1. The van der Waals surface area contributed by atoms with E-state index in [0.717, 1.165) is 11.3 Å². The number of amides is 1. The molecule has 0 saturated carbocycles. The number of β-amino-alcohol motifs (C(OH)–C–C–N with tert-alkyl or cyclic N) is 1. The van der Waals surface area contributed by atoms with Crippen LogP contribution in [0.4, 0.5) is 10.7 Å². The third-order valence-corrected chi connectivity index (χ3v) is 4.03. The van der Waals surface area contributed by atoms with Gasteiger partial charge in [0.2, 0.25) is 0 Å². The summed E-state index contributed by atoms with van der Waals surface area (Å²) in [7, 11) is 1.61. The van der Waals surface area contributed by atoms with Crippen molar-refractivity contribution in [1.29, 1.82) is 0 Å². The van der Waals surface area contributed by atoms with Crippen LogP contribution in [0.25, 0.3) is 0 Å². The number of benzene rings is 1. The summed E-state index contributed by atoms with van der Waals surface area (Å²) in [6, 6.07) is 7.43. The number of rotatable bonds is 5. The van der Waals surface area contributed by atoms with Crippen LogP contribution < -0.4 is 15.4 Å². The van der Waals surface area contributed by atoms with Gasteiger partial charge in [0, 0.05) is 6.54 Å². The van der Waals surface area contributed by atoms with Crippen molar-refractivity contribution in [3.05, 3.63) is 35.7 Å². The van der Waals surface area contributed by atoms with Gasteiger partial charge >= 0.3 is 6.09 Å². The van der Waals surface area contributed by atoms with Crippen LogP contribution in [0.3, 0.4) is 0 Å². The Balaban J connectivity index is 1.60. The van der Waals surface area contributed by atoms with E-state index in [9.17, 15) is 9.90 Å². The van der Waals surface area contributed by atoms with Crippen LogP contribution >= 0.6 is 0 Å². The number of nitrogens with zero attached hydrogens (tertiary/aromatic N) is 2. The Labute approximate surface area is 144 Å². The third kappa shape index (κ3) is 4.25. The van der Waals surface area contributed by atoms with Gasteiger partial charge in [-0.1, -0.05) is 12.1 Å². The molecule has 0 radical (unpaired) electrons. The van der Waals surface area contributed by atoms with Crippen molar-refractivity contribution in [3.63, 3.8) is 0 Å². The average molecular weight is 347 g/mol. The quantitative estimate of drug-likeness (QED) is 0.625. The highest BCUT2D eigenvalue weighted by Crippen LogP contribution is 2.19. The lowest BCUT2D eigenvalue weighted by molar-refractivity contribution is 0.0254. The molecule has 1 saturated heterocycles. The van der Waals surface area contributed by atoms with Gasteiger partial charge in [0.25, 0.3) is 5.95 Å². The maximum atomic E-state index is 12.0. The van der Waals surface area contributed by atoms with Gasteiger partial charge in [0.05, 0.1) is 13.2 Å². The Morgan fingerprint density at radius 2 is 2.16 bits per heavy atom. The van der Waals surface area contributed by atoms with Crippen molar-refractivity contribution in [2.45, 2.75) is 31.6 Å². The van der Waals surface area contributed by atoms with Crippen molar-refractivity contribution in [1.82, 2.24) is 20.5 Å². The molecule has 1 aliphatic rings. The van der Waals surface area contributed by atoms with Gasteiger partial charge in [-0.3, -0.25) is 10.4 Å². The second-order valence-electron chi connectivity index (χ2n) is 5.87. The predicted octanol–water partition coefficient (Wildman–Crippen LogP) is 0.614. The molecular formula is C16H21N5O4. The fraction of sp³-hybridized carbons (Fsp3) is 0.438. The third-order valence-electron chi connectivity index (χ3n) is 4.03. The summed E-state index contributed by atoms with van der Waals surface area (Å²) in [4.78, 5) is 16.0. The van der Waals surface area contributed by atoms with E-state index in [1.54, 1.807) is 14.0 Å². The summed E-state index contributed by atoms with van der Waals surface area (Å²) in [6.07, 6.45) is -1.53. The average Bonchev–Trinajstić information content (AvgIpc) is 3.15. The largest absolute Gasteiger partial charge is 0.497 e. The number of aliphatic hydroxyl groups excluding tert-OH is 1. The summed E-state index contributed by atoms with van der Waals surface area (Å²) in [6.45, 7) is 2.08. The fourth-order valence-electron chi connectivity index (χ4n) is 2.78. The van der Waals surface area contributed by atoms with Crippen molar-refractivity contribution in [3.8, 4) is 5.75 Å². The number of aryl methyl sites for hydroxylation is 1. The van der Waals surface area contributed by atoms with Crippen molar-refractivity contribution in [2.75, 3.05) is 19.0 Å². The van der Waals surface area contributed by atoms with Gasteiger partial charge in [-0.05, 0) is 31.0 Å². The van der Waals surface area contributed by atoms with E-state index in [0.29, 0.717) is 18.8 Å². The first-order valence-corrected chi connectivity index (χ1v) is 7.96. The van der Waals surface area contributed by atoms with Gasteiger partial charge in [0.1, 0.15) is 23.8 Å². The molecule has 4 N–H and O–H groups in total. The van der Waals surface area contributed by atoms with E-state index in [-0.39, 0.29) is 12.0 Å². The number of ether oxygens (including phenoxy) is 2. The smallest absolute Gasteiger partial charge is 0.414 e. The van der Waals surface area contributed by atoms with Gasteiger partial charge in [-0.15, -0.1) is 5.10 Å². The monoisotopic (exact) mass is 347 g/mol. The lowest BCUT2D eigenvalue weighted by atomic mass is 10.0. The zero-order valence-electron chi connectivity index (χ0n) is 14.0. The molecule has 9 nitrogen and oxygen atoms in total. The molecule has 0 spiro atoms. The Bertz CT molecular complexity index is 718. The molecule has 1 aromatic heterocycles. The summed E-state index contributed by atoms with van der Waals surface area (Å²) in [5.41, 5.74) is 1.05. The molecule has 3 atom stereocenters. The Morgan fingerprint density at radius 3 is 2.80 bits per heavy atom. The first-order chi connectivity index (χ1) is 12.0. The summed E-state index contributed by atoms with van der Waals surface area (Å²) in [5, 5.41) is 22.2. The molecule has 1 fully saturated rings. The molecule has 9 heteroatoms. The second kappa shape index (κ2) is 7.49. The molecule has 0 aliphatic carbocycles. The topological polar surface area (TPSA) is 121 Å². The maximum Gasteiger partial charge on any atom is 0.414 e. The molecule has 25 heavy (non-hydrogen) atoms. The van der Waals surface area contributed by atoms with Crippen LogP contribution in [-0.4, -0.2) is 58.3 Å². The molecule has 2 aromatic rings. The number of nitrogens with one attached hydrogen (secondary N) is 3. The Hall–Kier alpha value is -2.65. The lowest BCUT2D eigenvalue weighted by Gasteiger charge is -2.21. The molecule has 2 heterocycles. The minimum atomic E-state index is -0.775. The molecule has 0 unspecified atom stereocenters. The van der Waals surface area contributed by atoms with Crippen LogP contribution in [0.15, 0.2) is 24.3 Å². The Morgan fingerprint density at radius 1 is 1.40 bits per heavy atom. The zero-order valence-corrected chi connectivity index (χ0v) is 14.0. The number of hydrogen-bond donors (Lipinski definition) is 4. The highest BCUT2D eigenvalue weighted by Gasteiger charge is 2.38. The standard InChI is InChI=1S/C16H21N5O4/c1-9-18-15(21-20-9)19-16(23)25-14-12(17-8-13(14)22)7-10-3-5-11(24-2)6-4-10/h3-6,12-14,17,22H,7-8H2,1-2H3,(H2,18,19,20,21,23)/t12-,13+,14+/m1/s1. The van der Waals surface area contributed by atoms with Gasteiger partial charge in [-0.2, -0.15) is 4.98 Å². The van der Waals surface area contributed by atoms with E-state index >= 15 is 0 Å². The van der Waals surface area contributed by atoms with E-state index in [1.165, 1.54) is 0 Å². The number of H-pyrrole nitrogens is 1. The van der Waals surface area contributed by atoms with Gasteiger partial charge in [0.15, 0.2) is 0 Å². The van der Waals surface area contributed by atoms with Crippen molar-refractivity contribution >= 4 is 12.0 Å². The fourth-order valence-corrected chi connectivity index (χ4v) is 2.78. The number of carbonyl (C=O) groups is 1. The molecule has 1 aliphatic heterocycles. The number of aromatic nitrogens is 3. The van der Waals surface area contributed by atoms with E-state index < -0.39 is 18.3 Å².